The van der Waals surface area contributed by atoms with Crippen molar-refractivity contribution in [3.63, 3.8) is 0 Å². The lowest BCUT2D eigenvalue weighted by atomic mass is 10.2. The molecule has 7 heteroatoms. The molecule has 0 aliphatic carbocycles. The molecule has 0 N–H and O–H groups in total. The summed E-state index contributed by atoms with van der Waals surface area (Å²) in [5, 5.41) is 9.13. The molecule has 0 spiro atoms. The quantitative estimate of drug-likeness (QED) is 0.544. The van der Waals surface area contributed by atoms with E-state index in [0.29, 0.717) is 35.0 Å². The van der Waals surface area contributed by atoms with E-state index in [1.165, 1.54) is 0 Å². The van der Waals surface area contributed by atoms with Gasteiger partial charge in [-0.2, -0.15) is 0 Å². The number of aromatic nitrogens is 4. The Hall–Kier alpha value is -3.35. The first kappa shape index (κ1) is 17.1. The zero-order valence-electron chi connectivity index (χ0n) is 15.5. The Morgan fingerprint density at radius 1 is 1.07 bits per heavy atom. The second kappa shape index (κ2) is 6.75. The first-order valence-electron chi connectivity index (χ1n) is 8.77. The van der Waals surface area contributed by atoms with Gasteiger partial charge < -0.3 is 9.47 Å². The third-order valence-corrected chi connectivity index (χ3v) is 4.57. The number of fused-ring (bicyclic) bond motifs is 3. The molecule has 0 fully saturated rings. The summed E-state index contributed by atoms with van der Waals surface area (Å²) in [6, 6.07) is 13.2. The molecule has 2 aromatic carbocycles. The average Bonchev–Trinajstić information content (AvgIpc) is 3.11. The Labute approximate surface area is 155 Å². The normalized spacial score (nSPS) is 11.2. The topological polar surface area (TPSA) is 70.7 Å². The third kappa shape index (κ3) is 2.81. The van der Waals surface area contributed by atoms with Crippen LogP contribution in [0.15, 0.2) is 47.3 Å². The third-order valence-electron chi connectivity index (χ3n) is 4.57. The number of aryl methyl sites for hydroxylation is 2. The standard InChI is InChI=1S/C20H20N4O3/c1-4-23-19(25)14-7-5-6-8-15(14)24-18(21-22-20(23)24)12-27-16-10-9-13(2)11-17(16)26-3/h5-11H,4,12H2,1-3H3. The van der Waals surface area contributed by atoms with Crippen LogP contribution in [0.4, 0.5) is 0 Å². The number of hydrogen-bond donors (Lipinski definition) is 0. The second-order valence-electron chi connectivity index (χ2n) is 6.26. The molecule has 0 atom stereocenters. The molecule has 4 aromatic rings. The molecule has 0 aliphatic rings. The van der Waals surface area contributed by atoms with Gasteiger partial charge in [0.1, 0.15) is 6.61 Å². The van der Waals surface area contributed by atoms with E-state index >= 15 is 0 Å². The highest BCUT2D eigenvalue weighted by molar-refractivity contribution is 5.80. The summed E-state index contributed by atoms with van der Waals surface area (Å²) >= 11 is 0. The van der Waals surface area contributed by atoms with Crippen LogP contribution in [-0.4, -0.2) is 26.3 Å². The van der Waals surface area contributed by atoms with Crippen molar-refractivity contribution in [2.75, 3.05) is 7.11 Å². The zero-order chi connectivity index (χ0) is 19.0. The molecule has 2 heterocycles. The zero-order valence-corrected chi connectivity index (χ0v) is 15.5. The molecule has 138 valence electrons. The van der Waals surface area contributed by atoms with Gasteiger partial charge >= 0.3 is 0 Å². The van der Waals surface area contributed by atoms with Crippen LogP contribution in [0.1, 0.15) is 18.3 Å². The monoisotopic (exact) mass is 364 g/mol. The fourth-order valence-electron chi connectivity index (χ4n) is 3.23. The van der Waals surface area contributed by atoms with Crippen molar-refractivity contribution >= 4 is 16.7 Å². The maximum absolute atomic E-state index is 12.7. The molecular weight excluding hydrogens is 344 g/mol. The molecule has 0 amide bonds. The van der Waals surface area contributed by atoms with Gasteiger partial charge in [-0.05, 0) is 43.7 Å². The van der Waals surface area contributed by atoms with Crippen LogP contribution < -0.4 is 15.0 Å². The molecular formula is C20H20N4O3. The average molecular weight is 364 g/mol. The largest absolute Gasteiger partial charge is 0.493 e. The van der Waals surface area contributed by atoms with E-state index in [1.54, 1.807) is 11.7 Å². The lowest BCUT2D eigenvalue weighted by Crippen LogP contribution is -2.22. The van der Waals surface area contributed by atoms with Gasteiger partial charge in [0.05, 0.1) is 18.0 Å². The molecule has 0 bridgehead atoms. The fourth-order valence-corrected chi connectivity index (χ4v) is 3.23. The van der Waals surface area contributed by atoms with E-state index in [4.69, 9.17) is 9.47 Å². The molecule has 0 saturated carbocycles. The molecule has 0 unspecified atom stereocenters. The molecule has 7 nitrogen and oxygen atoms in total. The summed E-state index contributed by atoms with van der Waals surface area (Å²) in [6.45, 7) is 4.62. The first-order valence-corrected chi connectivity index (χ1v) is 8.77. The smallest absolute Gasteiger partial charge is 0.262 e. The predicted molar refractivity (Wildman–Crippen MR) is 102 cm³/mol. The minimum atomic E-state index is -0.0688. The molecule has 27 heavy (non-hydrogen) atoms. The maximum atomic E-state index is 12.7. The molecule has 2 aromatic heterocycles. The van der Waals surface area contributed by atoms with Crippen LogP contribution in [-0.2, 0) is 13.2 Å². The predicted octanol–water partition coefficient (Wildman–Crippen LogP) is 2.96. The number of methoxy groups -OCH3 is 1. The summed E-state index contributed by atoms with van der Waals surface area (Å²) in [7, 11) is 1.61. The maximum Gasteiger partial charge on any atom is 0.262 e. The molecule has 0 radical (unpaired) electrons. The van der Waals surface area contributed by atoms with Gasteiger partial charge in [-0.3, -0.25) is 13.8 Å². The Morgan fingerprint density at radius 2 is 1.89 bits per heavy atom. The van der Waals surface area contributed by atoms with Crippen molar-refractivity contribution in [3.05, 3.63) is 64.2 Å². The second-order valence-corrected chi connectivity index (χ2v) is 6.26. The molecule has 4 rings (SSSR count). The Kier molecular flexibility index (Phi) is 4.27. The van der Waals surface area contributed by atoms with Gasteiger partial charge in [0.25, 0.3) is 5.56 Å². The van der Waals surface area contributed by atoms with Crippen molar-refractivity contribution in [1.82, 2.24) is 19.2 Å². The highest BCUT2D eigenvalue weighted by Crippen LogP contribution is 2.28. The van der Waals surface area contributed by atoms with Crippen molar-refractivity contribution < 1.29 is 9.47 Å². The Bertz CT molecular complexity index is 1190. The molecule has 0 saturated heterocycles. The van der Waals surface area contributed by atoms with E-state index in [2.05, 4.69) is 10.2 Å². The van der Waals surface area contributed by atoms with Gasteiger partial charge in [0.15, 0.2) is 17.3 Å². The minimum absolute atomic E-state index is 0.0688. The first-order chi connectivity index (χ1) is 13.1. The Balaban J connectivity index is 1.82. The van der Waals surface area contributed by atoms with Crippen molar-refractivity contribution in [3.8, 4) is 11.5 Å². The van der Waals surface area contributed by atoms with Crippen LogP contribution in [0.3, 0.4) is 0 Å². The van der Waals surface area contributed by atoms with Crippen LogP contribution in [0.25, 0.3) is 16.7 Å². The van der Waals surface area contributed by atoms with Gasteiger partial charge in [-0.25, -0.2) is 0 Å². The number of ether oxygens (including phenoxy) is 2. The summed E-state index contributed by atoms with van der Waals surface area (Å²) < 4.78 is 14.8. The van der Waals surface area contributed by atoms with Crippen LogP contribution in [0, 0.1) is 6.92 Å². The fraction of sp³-hybridized carbons (Fsp3) is 0.250. The highest BCUT2D eigenvalue weighted by Gasteiger charge is 2.16. The van der Waals surface area contributed by atoms with Crippen molar-refractivity contribution in [1.29, 1.82) is 0 Å². The Morgan fingerprint density at radius 3 is 2.67 bits per heavy atom. The van der Waals surface area contributed by atoms with E-state index in [9.17, 15) is 4.79 Å². The van der Waals surface area contributed by atoms with E-state index in [-0.39, 0.29) is 12.2 Å². The van der Waals surface area contributed by atoms with Gasteiger partial charge in [-0.15, -0.1) is 10.2 Å². The van der Waals surface area contributed by atoms with Crippen LogP contribution in [0.5, 0.6) is 11.5 Å². The SMILES string of the molecule is CCn1c(=O)c2ccccc2n2c(COc3ccc(C)cc3OC)nnc12. The van der Waals surface area contributed by atoms with Crippen molar-refractivity contribution in [2.45, 2.75) is 27.0 Å². The van der Waals surface area contributed by atoms with Crippen LogP contribution >= 0.6 is 0 Å². The summed E-state index contributed by atoms with van der Waals surface area (Å²) in [5.74, 6) is 2.42. The summed E-state index contributed by atoms with van der Waals surface area (Å²) in [5.41, 5.74) is 1.78. The lowest BCUT2D eigenvalue weighted by molar-refractivity contribution is 0.275. The van der Waals surface area contributed by atoms with Gasteiger partial charge in [0.2, 0.25) is 5.78 Å². The van der Waals surface area contributed by atoms with E-state index < -0.39 is 0 Å². The lowest BCUT2D eigenvalue weighted by Gasteiger charge is -2.12. The van der Waals surface area contributed by atoms with E-state index in [1.807, 2.05) is 60.7 Å². The number of para-hydroxylation sites is 1. The summed E-state index contributed by atoms with van der Waals surface area (Å²) in [6.07, 6.45) is 0. The number of rotatable bonds is 5. The van der Waals surface area contributed by atoms with Crippen molar-refractivity contribution in [2.24, 2.45) is 0 Å². The highest BCUT2D eigenvalue weighted by atomic mass is 16.5. The number of hydrogen-bond acceptors (Lipinski definition) is 5. The van der Waals surface area contributed by atoms with Gasteiger partial charge in [0, 0.05) is 6.54 Å². The van der Waals surface area contributed by atoms with Gasteiger partial charge in [-0.1, -0.05) is 18.2 Å². The van der Waals surface area contributed by atoms with E-state index in [0.717, 1.165) is 11.1 Å². The number of benzene rings is 2. The van der Waals surface area contributed by atoms with Crippen LogP contribution in [0.2, 0.25) is 0 Å². The minimum Gasteiger partial charge on any atom is -0.493 e. The number of nitrogens with zero attached hydrogens (tertiary/aromatic N) is 4. The molecule has 0 aliphatic heterocycles. The summed E-state index contributed by atoms with van der Waals surface area (Å²) in [4.78, 5) is 12.7.